The Morgan fingerprint density at radius 1 is 1.31 bits per heavy atom. The second-order valence-corrected chi connectivity index (χ2v) is 4.47. The molecule has 0 unspecified atom stereocenters. The van der Waals surface area contributed by atoms with Crippen molar-refractivity contribution < 1.29 is 5.11 Å². The van der Waals surface area contributed by atoms with Crippen LogP contribution < -0.4 is 0 Å². The van der Waals surface area contributed by atoms with Gasteiger partial charge in [-0.05, 0) is 38.3 Å². The summed E-state index contributed by atoms with van der Waals surface area (Å²) in [5.74, 6) is 0. The van der Waals surface area contributed by atoms with Crippen LogP contribution in [0.4, 0.5) is 0 Å². The zero-order valence-corrected chi connectivity index (χ0v) is 9.76. The first-order valence-corrected chi connectivity index (χ1v) is 6.22. The van der Waals surface area contributed by atoms with Gasteiger partial charge in [-0.2, -0.15) is 5.10 Å². The maximum Gasteiger partial charge on any atom is 0.0536 e. The number of unbranched alkanes of at least 4 members (excludes halogenated alkanes) is 1. The molecule has 0 aromatic carbocycles. The van der Waals surface area contributed by atoms with Crippen LogP contribution >= 0.6 is 0 Å². The lowest BCUT2D eigenvalue weighted by molar-refractivity contribution is 0.226. The van der Waals surface area contributed by atoms with E-state index in [1.807, 2.05) is 23.1 Å². The Morgan fingerprint density at radius 2 is 2.19 bits per heavy atom. The van der Waals surface area contributed by atoms with Crippen molar-refractivity contribution in [3.05, 3.63) is 18.5 Å². The molecule has 0 amide bonds. The summed E-state index contributed by atoms with van der Waals surface area (Å²) in [6, 6.07) is 2.77. The van der Waals surface area contributed by atoms with E-state index < -0.39 is 0 Å². The summed E-state index contributed by atoms with van der Waals surface area (Å²) in [6.07, 6.45) is 8.56. The molecule has 1 aromatic rings. The van der Waals surface area contributed by atoms with Gasteiger partial charge in [0, 0.05) is 31.6 Å². The van der Waals surface area contributed by atoms with E-state index >= 15 is 0 Å². The van der Waals surface area contributed by atoms with Crippen LogP contribution in [0.25, 0.3) is 0 Å². The van der Waals surface area contributed by atoms with Gasteiger partial charge in [-0.25, -0.2) is 0 Å². The quantitative estimate of drug-likeness (QED) is 0.671. The molecule has 0 spiro atoms. The van der Waals surface area contributed by atoms with Gasteiger partial charge in [0.25, 0.3) is 0 Å². The maximum atomic E-state index is 8.78. The molecule has 90 valence electrons. The average molecular weight is 223 g/mol. The Labute approximate surface area is 96.9 Å². The first-order chi connectivity index (χ1) is 7.90. The van der Waals surface area contributed by atoms with Crippen LogP contribution in [0.3, 0.4) is 0 Å². The highest BCUT2D eigenvalue weighted by atomic mass is 16.2. The van der Waals surface area contributed by atoms with Crippen molar-refractivity contribution in [1.29, 1.82) is 0 Å². The minimum atomic E-state index is 0.317. The molecule has 1 heterocycles. The third kappa shape index (κ3) is 3.61. The van der Waals surface area contributed by atoms with E-state index in [1.54, 1.807) is 0 Å². The molecule has 16 heavy (non-hydrogen) atoms. The second kappa shape index (κ2) is 6.01. The Bertz CT molecular complexity index is 282. The van der Waals surface area contributed by atoms with Crippen molar-refractivity contribution >= 4 is 0 Å². The average Bonchev–Trinajstić information content (AvgIpc) is 3.00. The van der Waals surface area contributed by atoms with E-state index in [0.29, 0.717) is 6.61 Å². The lowest BCUT2D eigenvalue weighted by Crippen LogP contribution is -2.31. The summed E-state index contributed by atoms with van der Waals surface area (Å²) in [5.41, 5.74) is 0. The van der Waals surface area contributed by atoms with Crippen LogP contribution in [-0.2, 0) is 6.54 Å². The molecule has 0 bridgehead atoms. The van der Waals surface area contributed by atoms with Gasteiger partial charge in [0.2, 0.25) is 0 Å². The van der Waals surface area contributed by atoms with E-state index in [4.69, 9.17) is 5.11 Å². The first-order valence-electron chi connectivity index (χ1n) is 6.22. The van der Waals surface area contributed by atoms with E-state index in [9.17, 15) is 0 Å². The van der Waals surface area contributed by atoms with Gasteiger partial charge in [-0.15, -0.1) is 0 Å². The predicted octanol–water partition coefficient (Wildman–Crippen LogP) is 1.12. The summed E-state index contributed by atoms with van der Waals surface area (Å²) in [6.45, 7) is 3.49. The molecule has 2 rings (SSSR count). The van der Waals surface area contributed by atoms with Gasteiger partial charge in [0.1, 0.15) is 0 Å². The molecule has 1 aliphatic carbocycles. The van der Waals surface area contributed by atoms with Crippen molar-refractivity contribution in [2.45, 2.75) is 38.3 Å². The highest BCUT2D eigenvalue weighted by Gasteiger charge is 2.27. The maximum absolute atomic E-state index is 8.78. The fraction of sp³-hybridized carbons (Fsp3) is 0.750. The molecule has 0 atom stereocenters. The van der Waals surface area contributed by atoms with Gasteiger partial charge in [-0.3, -0.25) is 9.58 Å². The Morgan fingerprint density at radius 3 is 2.81 bits per heavy atom. The molecule has 4 nitrogen and oxygen atoms in total. The predicted molar refractivity (Wildman–Crippen MR) is 63.1 cm³/mol. The summed E-state index contributed by atoms with van der Waals surface area (Å²) in [4.78, 5) is 2.54. The van der Waals surface area contributed by atoms with Crippen LogP contribution in [-0.4, -0.2) is 45.5 Å². The topological polar surface area (TPSA) is 41.3 Å². The lowest BCUT2D eigenvalue weighted by Gasteiger charge is -2.21. The summed E-state index contributed by atoms with van der Waals surface area (Å²) >= 11 is 0. The molecule has 0 radical (unpaired) electrons. The SMILES string of the molecule is OCCCCN(CCn1cccn1)C1CC1. The standard InChI is InChI=1S/C12H21N3O/c16-11-2-1-7-14(12-4-5-12)9-10-15-8-3-6-13-15/h3,6,8,12,16H,1-2,4-5,7,9-11H2. The third-order valence-corrected chi connectivity index (χ3v) is 3.09. The summed E-state index contributed by atoms with van der Waals surface area (Å²) in [5, 5.41) is 13.0. The normalized spacial score (nSPS) is 15.9. The molecule has 4 heteroatoms. The molecule has 0 saturated heterocycles. The van der Waals surface area contributed by atoms with E-state index in [-0.39, 0.29) is 0 Å². The van der Waals surface area contributed by atoms with E-state index in [2.05, 4.69) is 10.00 Å². The molecule has 1 saturated carbocycles. The number of nitrogens with zero attached hydrogens (tertiary/aromatic N) is 3. The largest absolute Gasteiger partial charge is 0.396 e. The first kappa shape index (κ1) is 11.6. The van der Waals surface area contributed by atoms with E-state index in [0.717, 1.165) is 38.5 Å². The molecule has 1 fully saturated rings. The Hall–Kier alpha value is -0.870. The summed E-state index contributed by atoms with van der Waals surface area (Å²) < 4.78 is 1.99. The number of aromatic nitrogens is 2. The van der Waals surface area contributed by atoms with Gasteiger partial charge in [-0.1, -0.05) is 0 Å². The zero-order valence-electron chi connectivity index (χ0n) is 9.76. The Balaban J connectivity index is 1.70. The van der Waals surface area contributed by atoms with Gasteiger partial charge in [0.15, 0.2) is 0 Å². The van der Waals surface area contributed by atoms with Crippen molar-refractivity contribution in [2.75, 3.05) is 19.7 Å². The Kier molecular flexibility index (Phi) is 4.36. The minimum absolute atomic E-state index is 0.317. The summed E-state index contributed by atoms with van der Waals surface area (Å²) in [7, 11) is 0. The molecular formula is C12H21N3O. The number of hydrogen-bond acceptors (Lipinski definition) is 3. The van der Waals surface area contributed by atoms with Crippen LogP contribution in [0.2, 0.25) is 0 Å². The van der Waals surface area contributed by atoms with Crippen LogP contribution in [0.15, 0.2) is 18.5 Å². The highest BCUT2D eigenvalue weighted by Crippen LogP contribution is 2.26. The number of hydrogen-bond donors (Lipinski definition) is 1. The number of aliphatic hydroxyl groups is 1. The van der Waals surface area contributed by atoms with Crippen molar-refractivity contribution in [3.8, 4) is 0 Å². The van der Waals surface area contributed by atoms with E-state index in [1.165, 1.54) is 12.8 Å². The monoisotopic (exact) mass is 223 g/mol. The fourth-order valence-corrected chi connectivity index (χ4v) is 2.01. The van der Waals surface area contributed by atoms with Crippen LogP contribution in [0.5, 0.6) is 0 Å². The van der Waals surface area contributed by atoms with Gasteiger partial charge < -0.3 is 5.11 Å². The number of aliphatic hydroxyl groups excluding tert-OH is 1. The van der Waals surface area contributed by atoms with Crippen LogP contribution in [0, 0.1) is 0 Å². The second-order valence-electron chi connectivity index (χ2n) is 4.47. The molecule has 1 aliphatic rings. The van der Waals surface area contributed by atoms with Gasteiger partial charge in [0.05, 0.1) is 6.54 Å². The van der Waals surface area contributed by atoms with Crippen LogP contribution in [0.1, 0.15) is 25.7 Å². The molecule has 1 aromatic heterocycles. The van der Waals surface area contributed by atoms with Gasteiger partial charge >= 0.3 is 0 Å². The number of rotatable bonds is 8. The lowest BCUT2D eigenvalue weighted by atomic mass is 10.3. The fourth-order valence-electron chi connectivity index (χ4n) is 2.01. The third-order valence-electron chi connectivity index (χ3n) is 3.09. The molecule has 0 aliphatic heterocycles. The van der Waals surface area contributed by atoms with Crippen molar-refractivity contribution in [2.24, 2.45) is 0 Å². The van der Waals surface area contributed by atoms with Crippen molar-refractivity contribution in [1.82, 2.24) is 14.7 Å². The zero-order chi connectivity index (χ0) is 11.2. The van der Waals surface area contributed by atoms with Crippen molar-refractivity contribution in [3.63, 3.8) is 0 Å². The molecular weight excluding hydrogens is 202 g/mol. The highest BCUT2D eigenvalue weighted by molar-refractivity contribution is 4.85. The smallest absolute Gasteiger partial charge is 0.0536 e. The minimum Gasteiger partial charge on any atom is -0.396 e. The molecule has 1 N–H and O–H groups in total.